The van der Waals surface area contributed by atoms with Crippen LogP contribution in [-0.4, -0.2) is 15.5 Å². The molecule has 0 radical (unpaired) electrons. The van der Waals surface area contributed by atoms with Crippen LogP contribution in [0.3, 0.4) is 0 Å². The Kier molecular flexibility index (Phi) is 3.07. The van der Waals surface area contributed by atoms with Crippen molar-refractivity contribution in [1.82, 2.24) is 9.59 Å². The van der Waals surface area contributed by atoms with Crippen LogP contribution in [0.25, 0.3) is 0 Å². The Morgan fingerprint density at radius 3 is 2.94 bits per heavy atom. The standard InChI is InChI=1S/C10H5FN4OS/c11-7-3-6(4-12)1-2-8(7)13-10(16)9-5-17-15-14-9/h1-3,5H,(H,13,16). The number of hydrogen-bond donors (Lipinski definition) is 1. The number of halogens is 1. The van der Waals surface area contributed by atoms with Gasteiger partial charge in [0.15, 0.2) is 5.69 Å². The smallest absolute Gasteiger partial charge is 0.277 e. The number of benzene rings is 1. The molecule has 0 fully saturated rings. The summed E-state index contributed by atoms with van der Waals surface area (Å²) in [6.07, 6.45) is 0. The van der Waals surface area contributed by atoms with E-state index in [-0.39, 0.29) is 16.9 Å². The van der Waals surface area contributed by atoms with Crippen molar-refractivity contribution in [2.24, 2.45) is 0 Å². The molecule has 0 atom stereocenters. The molecule has 17 heavy (non-hydrogen) atoms. The van der Waals surface area contributed by atoms with Crippen LogP contribution in [0.4, 0.5) is 10.1 Å². The van der Waals surface area contributed by atoms with E-state index >= 15 is 0 Å². The summed E-state index contributed by atoms with van der Waals surface area (Å²) in [6, 6.07) is 5.59. The molecule has 0 saturated carbocycles. The molecule has 1 amide bonds. The fourth-order valence-corrected chi connectivity index (χ4v) is 1.57. The SMILES string of the molecule is N#Cc1ccc(NC(=O)c2csnn2)c(F)c1. The number of nitrogens with one attached hydrogen (secondary N) is 1. The van der Waals surface area contributed by atoms with Crippen LogP contribution in [0.1, 0.15) is 16.1 Å². The van der Waals surface area contributed by atoms with Gasteiger partial charge in [0.25, 0.3) is 5.91 Å². The molecule has 0 aliphatic heterocycles. The summed E-state index contributed by atoms with van der Waals surface area (Å²) < 4.78 is 17.0. The summed E-state index contributed by atoms with van der Waals surface area (Å²) in [5.74, 6) is -1.21. The second-order valence-corrected chi connectivity index (χ2v) is 3.66. The summed E-state index contributed by atoms with van der Waals surface area (Å²) in [5.41, 5.74) is 0.316. The number of anilines is 1. The highest BCUT2D eigenvalue weighted by Gasteiger charge is 2.11. The third kappa shape index (κ3) is 2.43. The fourth-order valence-electron chi connectivity index (χ4n) is 1.14. The lowest BCUT2D eigenvalue weighted by Crippen LogP contribution is -2.13. The molecule has 1 N–H and O–H groups in total. The van der Waals surface area contributed by atoms with Gasteiger partial charge in [-0.1, -0.05) is 4.49 Å². The molecular formula is C10H5FN4OS. The van der Waals surface area contributed by atoms with Crippen LogP contribution in [0.2, 0.25) is 0 Å². The van der Waals surface area contributed by atoms with E-state index in [4.69, 9.17) is 5.26 Å². The Balaban J connectivity index is 2.20. The van der Waals surface area contributed by atoms with Crippen molar-refractivity contribution in [3.05, 3.63) is 40.7 Å². The quantitative estimate of drug-likeness (QED) is 0.878. The molecular weight excluding hydrogens is 243 g/mol. The Hall–Kier alpha value is -2.33. The highest BCUT2D eigenvalue weighted by Crippen LogP contribution is 2.16. The van der Waals surface area contributed by atoms with Gasteiger partial charge in [0.05, 0.1) is 17.3 Å². The Labute approximate surface area is 99.7 Å². The summed E-state index contributed by atoms with van der Waals surface area (Å²) in [5, 5.41) is 15.9. The van der Waals surface area contributed by atoms with Crippen molar-refractivity contribution < 1.29 is 9.18 Å². The van der Waals surface area contributed by atoms with E-state index in [2.05, 4.69) is 14.9 Å². The van der Waals surface area contributed by atoms with Crippen molar-refractivity contribution >= 4 is 23.1 Å². The molecule has 0 unspecified atom stereocenters. The maximum atomic E-state index is 13.4. The van der Waals surface area contributed by atoms with E-state index < -0.39 is 11.7 Å². The highest BCUT2D eigenvalue weighted by atomic mass is 32.1. The molecule has 0 saturated heterocycles. The summed E-state index contributed by atoms with van der Waals surface area (Å²) in [6.45, 7) is 0. The van der Waals surface area contributed by atoms with E-state index in [0.29, 0.717) is 0 Å². The van der Waals surface area contributed by atoms with Gasteiger partial charge in [0, 0.05) is 5.38 Å². The van der Waals surface area contributed by atoms with E-state index in [1.807, 2.05) is 0 Å². The second kappa shape index (κ2) is 4.67. The molecule has 2 aromatic rings. The molecule has 0 bridgehead atoms. The van der Waals surface area contributed by atoms with Crippen LogP contribution in [0.15, 0.2) is 23.6 Å². The third-order valence-electron chi connectivity index (χ3n) is 1.94. The first-order valence-electron chi connectivity index (χ1n) is 4.49. The monoisotopic (exact) mass is 248 g/mol. The minimum atomic E-state index is -0.666. The maximum Gasteiger partial charge on any atom is 0.277 e. The van der Waals surface area contributed by atoms with Crippen molar-refractivity contribution in [1.29, 1.82) is 5.26 Å². The van der Waals surface area contributed by atoms with Crippen molar-refractivity contribution in [3.63, 3.8) is 0 Å². The van der Waals surface area contributed by atoms with Crippen LogP contribution < -0.4 is 5.32 Å². The first-order chi connectivity index (χ1) is 8.20. The van der Waals surface area contributed by atoms with Crippen LogP contribution in [-0.2, 0) is 0 Å². The number of nitrogens with zero attached hydrogens (tertiary/aromatic N) is 3. The molecule has 1 heterocycles. The predicted molar refractivity (Wildman–Crippen MR) is 59.0 cm³/mol. The van der Waals surface area contributed by atoms with Gasteiger partial charge in [-0.05, 0) is 29.7 Å². The van der Waals surface area contributed by atoms with Gasteiger partial charge < -0.3 is 5.32 Å². The number of nitriles is 1. The van der Waals surface area contributed by atoms with Crippen LogP contribution >= 0.6 is 11.5 Å². The van der Waals surface area contributed by atoms with Crippen molar-refractivity contribution in [2.45, 2.75) is 0 Å². The number of hydrogen-bond acceptors (Lipinski definition) is 5. The Morgan fingerprint density at radius 2 is 2.35 bits per heavy atom. The normalized spacial score (nSPS) is 9.65. The van der Waals surface area contributed by atoms with Gasteiger partial charge in [-0.2, -0.15) is 5.26 Å². The van der Waals surface area contributed by atoms with Gasteiger partial charge in [-0.25, -0.2) is 4.39 Å². The average molecular weight is 248 g/mol. The average Bonchev–Trinajstić information content (AvgIpc) is 2.85. The van der Waals surface area contributed by atoms with Crippen LogP contribution in [0, 0.1) is 17.1 Å². The molecule has 1 aromatic heterocycles. The van der Waals surface area contributed by atoms with E-state index in [1.54, 1.807) is 6.07 Å². The molecule has 5 nitrogen and oxygen atoms in total. The second-order valence-electron chi connectivity index (χ2n) is 3.05. The number of carbonyl (C=O) groups excluding carboxylic acids is 1. The van der Waals surface area contributed by atoms with Gasteiger partial charge in [-0.15, -0.1) is 5.10 Å². The number of rotatable bonds is 2. The number of amides is 1. The minimum Gasteiger partial charge on any atom is -0.318 e. The molecule has 0 aliphatic rings. The van der Waals surface area contributed by atoms with Gasteiger partial charge in [-0.3, -0.25) is 4.79 Å². The molecule has 1 aromatic carbocycles. The summed E-state index contributed by atoms with van der Waals surface area (Å²) >= 11 is 1.03. The fraction of sp³-hybridized carbons (Fsp3) is 0. The van der Waals surface area contributed by atoms with Gasteiger partial charge in [0.1, 0.15) is 5.82 Å². The number of aromatic nitrogens is 2. The lowest BCUT2D eigenvalue weighted by Gasteiger charge is -2.04. The zero-order valence-electron chi connectivity index (χ0n) is 8.35. The molecule has 0 aliphatic carbocycles. The first kappa shape index (κ1) is 11.2. The molecule has 7 heteroatoms. The largest absolute Gasteiger partial charge is 0.318 e. The van der Waals surface area contributed by atoms with E-state index in [0.717, 1.165) is 17.6 Å². The zero-order chi connectivity index (χ0) is 12.3. The van der Waals surface area contributed by atoms with E-state index in [1.165, 1.54) is 17.5 Å². The van der Waals surface area contributed by atoms with Crippen LogP contribution in [0.5, 0.6) is 0 Å². The predicted octanol–water partition coefficient (Wildman–Crippen LogP) is 1.80. The number of carbonyl (C=O) groups is 1. The maximum absolute atomic E-state index is 13.4. The van der Waals surface area contributed by atoms with Crippen molar-refractivity contribution in [2.75, 3.05) is 5.32 Å². The minimum absolute atomic E-state index is 0.00185. The van der Waals surface area contributed by atoms with Gasteiger partial charge >= 0.3 is 0 Å². The molecule has 84 valence electrons. The molecule has 0 spiro atoms. The Morgan fingerprint density at radius 1 is 1.53 bits per heavy atom. The summed E-state index contributed by atoms with van der Waals surface area (Å²) in [4.78, 5) is 11.5. The highest BCUT2D eigenvalue weighted by molar-refractivity contribution is 7.03. The van der Waals surface area contributed by atoms with Gasteiger partial charge in [0.2, 0.25) is 0 Å². The molecule has 2 rings (SSSR count). The lowest BCUT2D eigenvalue weighted by atomic mass is 10.2. The lowest BCUT2D eigenvalue weighted by molar-refractivity contribution is 0.102. The topological polar surface area (TPSA) is 78.7 Å². The third-order valence-corrected chi connectivity index (χ3v) is 2.44. The van der Waals surface area contributed by atoms with E-state index in [9.17, 15) is 9.18 Å². The van der Waals surface area contributed by atoms with Crippen molar-refractivity contribution in [3.8, 4) is 6.07 Å². The zero-order valence-corrected chi connectivity index (χ0v) is 9.16. The Bertz CT molecular complexity index is 591. The summed E-state index contributed by atoms with van der Waals surface area (Å²) in [7, 11) is 0. The first-order valence-corrected chi connectivity index (χ1v) is 5.32.